The molecule has 0 aromatic heterocycles. The number of hydrogen-bond donors (Lipinski definition) is 1. The van der Waals surface area contributed by atoms with Crippen molar-refractivity contribution in [2.75, 3.05) is 0 Å². The Bertz CT molecular complexity index is 847. The number of allylic oxidation sites excluding steroid dienone is 4. The predicted molar refractivity (Wildman–Crippen MR) is 136 cm³/mol. The normalized spacial score (nSPS) is 38.4. The summed E-state index contributed by atoms with van der Waals surface area (Å²) in [5.41, 5.74) is 3.61. The number of carbonyl (C=O) groups is 2. The van der Waals surface area contributed by atoms with Crippen LogP contribution >= 0.6 is 0 Å². The van der Waals surface area contributed by atoms with Crippen LogP contribution in [0.15, 0.2) is 36.0 Å². The summed E-state index contributed by atoms with van der Waals surface area (Å²) in [7, 11) is 0. The van der Waals surface area contributed by atoms with E-state index in [2.05, 4.69) is 60.8 Å². The van der Waals surface area contributed by atoms with Crippen LogP contribution in [0.2, 0.25) is 0 Å². The third kappa shape index (κ3) is 4.80. The zero-order valence-corrected chi connectivity index (χ0v) is 21.9. The molecule has 33 heavy (non-hydrogen) atoms. The van der Waals surface area contributed by atoms with Crippen LogP contribution in [0.4, 0.5) is 0 Å². The molecule has 7 atom stereocenters. The van der Waals surface area contributed by atoms with Crippen LogP contribution in [0.3, 0.4) is 0 Å². The van der Waals surface area contributed by atoms with Gasteiger partial charge >= 0.3 is 5.97 Å². The second-order valence-corrected chi connectivity index (χ2v) is 12.4. The van der Waals surface area contributed by atoms with Gasteiger partial charge < -0.3 is 5.11 Å². The molecule has 2 saturated carbocycles. The number of fused-ring (bicyclic) bond motifs is 1. The number of hydrogen-bond acceptors (Lipinski definition) is 2. The summed E-state index contributed by atoms with van der Waals surface area (Å²) in [5, 5.41) is 9.46. The molecule has 0 amide bonds. The summed E-state index contributed by atoms with van der Waals surface area (Å²) in [6.07, 6.45) is 9.15. The van der Waals surface area contributed by atoms with Gasteiger partial charge in [0.15, 0.2) is 0 Å². The number of ketones is 1. The first kappa shape index (κ1) is 26.0. The largest absolute Gasteiger partial charge is 0.481 e. The molecule has 0 aliphatic heterocycles. The summed E-state index contributed by atoms with van der Waals surface area (Å²) < 4.78 is 0. The highest BCUT2D eigenvalue weighted by Gasteiger charge is 2.52. The molecule has 1 N–H and O–H groups in total. The molecule has 0 spiro atoms. The maximum absolute atomic E-state index is 12.8. The predicted octanol–water partition coefficient (Wildman–Crippen LogP) is 7.63. The number of Topliss-reactive ketones (excluding diaryl/α,β-unsaturated/α-hetero) is 1. The average Bonchev–Trinajstić information content (AvgIpc) is 2.71. The second-order valence-electron chi connectivity index (χ2n) is 12.4. The van der Waals surface area contributed by atoms with Crippen molar-refractivity contribution in [3.8, 4) is 0 Å². The number of carboxylic acid groups (broad SMARTS) is 1. The van der Waals surface area contributed by atoms with Crippen molar-refractivity contribution in [3.05, 3.63) is 36.0 Å². The lowest BCUT2D eigenvalue weighted by atomic mass is 9.50. The van der Waals surface area contributed by atoms with Gasteiger partial charge in [-0.25, -0.2) is 0 Å². The van der Waals surface area contributed by atoms with E-state index < -0.39 is 5.97 Å². The number of rotatable bonds is 7. The molecule has 0 radical (unpaired) electrons. The Kier molecular flexibility index (Phi) is 7.51. The molecule has 0 aromatic carbocycles. The Hall–Kier alpha value is -1.64. The Morgan fingerprint density at radius 2 is 1.91 bits per heavy atom. The molecule has 0 aromatic rings. The number of carboxylic acids is 1. The first-order valence-electron chi connectivity index (χ1n) is 13.1. The Morgan fingerprint density at radius 3 is 2.52 bits per heavy atom. The van der Waals surface area contributed by atoms with Gasteiger partial charge in [0, 0.05) is 18.3 Å². The van der Waals surface area contributed by atoms with Crippen LogP contribution in [-0.4, -0.2) is 16.9 Å². The molecule has 3 heteroatoms. The van der Waals surface area contributed by atoms with Gasteiger partial charge in [0.1, 0.15) is 5.78 Å². The third-order valence-electron chi connectivity index (χ3n) is 10.1. The van der Waals surface area contributed by atoms with Gasteiger partial charge in [0.05, 0.1) is 0 Å². The number of aliphatic carboxylic acids is 1. The van der Waals surface area contributed by atoms with Gasteiger partial charge in [-0.2, -0.15) is 0 Å². The second kappa shape index (κ2) is 9.55. The van der Waals surface area contributed by atoms with E-state index in [0.29, 0.717) is 54.1 Å². The highest BCUT2D eigenvalue weighted by atomic mass is 16.4. The fraction of sp³-hybridized carbons (Fsp3) is 0.733. The first-order valence-corrected chi connectivity index (χ1v) is 13.1. The van der Waals surface area contributed by atoms with Gasteiger partial charge in [-0.05, 0) is 93.3 Å². The monoisotopic (exact) mass is 454 g/mol. The Balaban J connectivity index is 1.87. The third-order valence-corrected chi connectivity index (χ3v) is 10.1. The first-order chi connectivity index (χ1) is 15.3. The molecule has 0 saturated heterocycles. The van der Waals surface area contributed by atoms with Crippen LogP contribution < -0.4 is 0 Å². The topological polar surface area (TPSA) is 54.4 Å². The van der Waals surface area contributed by atoms with Crippen molar-refractivity contribution in [1.82, 2.24) is 0 Å². The van der Waals surface area contributed by atoms with Crippen molar-refractivity contribution in [2.45, 2.75) is 92.9 Å². The number of carbonyl (C=O) groups excluding carboxylic acids is 1. The maximum atomic E-state index is 12.8. The van der Waals surface area contributed by atoms with Gasteiger partial charge in [0.2, 0.25) is 0 Å². The summed E-state index contributed by atoms with van der Waals surface area (Å²) >= 11 is 0. The summed E-state index contributed by atoms with van der Waals surface area (Å²) in [4.78, 5) is 24.3. The van der Waals surface area contributed by atoms with Crippen LogP contribution in [0.25, 0.3) is 0 Å². The van der Waals surface area contributed by atoms with Crippen molar-refractivity contribution < 1.29 is 14.7 Å². The fourth-order valence-corrected chi connectivity index (χ4v) is 8.07. The van der Waals surface area contributed by atoms with E-state index in [1.54, 1.807) is 0 Å². The summed E-state index contributed by atoms with van der Waals surface area (Å²) in [6.45, 7) is 22.1. The Labute approximate surface area is 201 Å². The molecule has 184 valence electrons. The van der Waals surface area contributed by atoms with Crippen molar-refractivity contribution in [3.63, 3.8) is 0 Å². The van der Waals surface area contributed by atoms with Crippen molar-refractivity contribution in [2.24, 2.45) is 46.3 Å². The van der Waals surface area contributed by atoms with Crippen LogP contribution in [0.5, 0.6) is 0 Å². The fourth-order valence-electron chi connectivity index (χ4n) is 8.07. The average molecular weight is 455 g/mol. The molecular weight excluding hydrogens is 408 g/mol. The minimum absolute atomic E-state index is 0.0914. The quantitative estimate of drug-likeness (QED) is 0.402. The zero-order chi connectivity index (χ0) is 24.7. The van der Waals surface area contributed by atoms with Gasteiger partial charge in [-0.15, -0.1) is 0 Å². The summed E-state index contributed by atoms with van der Waals surface area (Å²) in [5.74, 6) is 2.21. The van der Waals surface area contributed by atoms with Crippen molar-refractivity contribution >= 4 is 11.8 Å². The highest BCUT2D eigenvalue weighted by molar-refractivity contribution is 5.85. The lowest BCUT2D eigenvalue weighted by Gasteiger charge is -2.53. The lowest BCUT2D eigenvalue weighted by Crippen LogP contribution is -2.50. The molecule has 0 bridgehead atoms. The minimum atomic E-state index is -0.714. The standard InChI is InChI=1S/C30H46O3/c1-18(2)23-12-10-20(4)24(30(23,8)16-15-27(32)33)14-11-22-19(3)9-13-25-28(22)21(5)17-26(31)29(25,6)7/h10,21-25,28H,1,3,9,11-17H2,2,4-8H3,(H,32,33)/t21-,22?,23?,24?,25?,28?,30?/m0/s1. The molecular formula is C30H46O3. The highest BCUT2D eigenvalue weighted by Crippen LogP contribution is 2.57. The van der Waals surface area contributed by atoms with Gasteiger partial charge in [-0.1, -0.05) is 63.6 Å². The Morgan fingerprint density at radius 1 is 1.24 bits per heavy atom. The molecule has 0 heterocycles. The molecule has 3 aliphatic rings. The van der Waals surface area contributed by atoms with E-state index in [0.717, 1.165) is 32.1 Å². The smallest absolute Gasteiger partial charge is 0.303 e. The molecule has 3 aliphatic carbocycles. The molecule has 2 fully saturated rings. The van der Waals surface area contributed by atoms with E-state index in [-0.39, 0.29) is 17.3 Å². The van der Waals surface area contributed by atoms with Crippen LogP contribution in [0, 0.1) is 46.3 Å². The van der Waals surface area contributed by atoms with Crippen LogP contribution in [-0.2, 0) is 9.59 Å². The maximum Gasteiger partial charge on any atom is 0.303 e. The van der Waals surface area contributed by atoms with E-state index in [9.17, 15) is 14.7 Å². The van der Waals surface area contributed by atoms with Gasteiger partial charge in [0.25, 0.3) is 0 Å². The zero-order valence-electron chi connectivity index (χ0n) is 21.9. The summed E-state index contributed by atoms with van der Waals surface area (Å²) in [6, 6.07) is 0. The molecule has 3 rings (SSSR count). The minimum Gasteiger partial charge on any atom is -0.481 e. The van der Waals surface area contributed by atoms with E-state index >= 15 is 0 Å². The van der Waals surface area contributed by atoms with Crippen molar-refractivity contribution in [1.29, 1.82) is 0 Å². The molecule has 3 nitrogen and oxygen atoms in total. The van der Waals surface area contributed by atoms with Crippen LogP contribution in [0.1, 0.15) is 92.9 Å². The van der Waals surface area contributed by atoms with E-state index in [4.69, 9.17) is 0 Å². The van der Waals surface area contributed by atoms with E-state index in [1.165, 1.54) is 16.7 Å². The lowest BCUT2D eigenvalue weighted by molar-refractivity contribution is -0.141. The SMILES string of the molecule is C=C1CCC2C(C1CCC1C(C)=CCC(C(=C)C)C1(C)CCC(=O)O)[C@@H](C)CC(=O)C2(C)C. The molecule has 6 unspecified atom stereocenters. The van der Waals surface area contributed by atoms with Gasteiger partial charge in [-0.3, -0.25) is 9.59 Å². The van der Waals surface area contributed by atoms with E-state index in [1.807, 2.05) is 0 Å².